The molecule has 0 bridgehead atoms. The van der Waals surface area contributed by atoms with E-state index < -0.39 is 30.1 Å². The first-order valence-corrected chi connectivity index (χ1v) is 8.85. The largest absolute Gasteiger partial charge is 0.452 e. The summed E-state index contributed by atoms with van der Waals surface area (Å²) in [6.45, 7) is 3.26. The molecule has 0 spiro atoms. The number of halogens is 2. The highest BCUT2D eigenvalue weighted by atomic mass is 19.1. The Morgan fingerprint density at radius 2 is 1.83 bits per heavy atom. The van der Waals surface area contributed by atoms with Crippen LogP contribution in [0.5, 0.6) is 0 Å². The van der Waals surface area contributed by atoms with Gasteiger partial charge in [0.2, 0.25) is 0 Å². The van der Waals surface area contributed by atoms with Crippen molar-refractivity contribution in [3.8, 4) is 0 Å². The number of benzene rings is 2. The van der Waals surface area contributed by atoms with Crippen molar-refractivity contribution in [3.63, 3.8) is 0 Å². The lowest BCUT2D eigenvalue weighted by atomic mass is 10.2. The number of nitrogens with one attached hydrogen (secondary N) is 1. The number of rotatable bonds is 6. The first kappa shape index (κ1) is 20.2. The quantitative estimate of drug-likeness (QED) is 0.643. The lowest BCUT2D eigenvalue weighted by Crippen LogP contribution is -2.22. The van der Waals surface area contributed by atoms with Gasteiger partial charge >= 0.3 is 5.97 Å². The molecule has 0 atom stereocenters. The van der Waals surface area contributed by atoms with Crippen molar-refractivity contribution < 1.29 is 23.1 Å². The zero-order chi connectivity index (χ0) is 21.0. The third kappa shape index (κ3) is 4.84. The van der Waals surface area contributed by atoms with E-state index in [9.17, 15) is 18.4 Å². The summed E-state index contributed by atoms with van der Waals surface area (Å²) in [6.07, 6.45) is 0. The Hall–Kier alpha value is -3.55. The Kier molecular flexibility index (Phi) is 6.01. The van der Waals surface area contributed by atoms with Crippen LogP contribution in [-0.4, -0.2) is 28.3 Å². The van der Waals surface area contributed by atoms with Crippen LogP contribution < -0.4 is 5.32 Å². The molecule has 3 rings (SSSR count). The van der Waals surface area contributed by atoms with Crippen LogP contribution in [0.3, 0.4) is 0 Å². The number of hydrogen-bond acceptors (Lipinski definition) is 4. The van der Waals surface area contributed by atoms with Gasteiger partial charge < -0.3 is 10.1 Å². The van der Waals surface area contributed by atoms with Gasteiger partial charge in [0.1, 0.15) is 17.2 Å². The predicted octanol–water partition coefficient (Wildman–Crippen LogP) is 3.62. The monoisotopic (exact) mass is 399 g/mol. The Bertz CT molecular complexity index is 1050. The molecule has 0 aliphatic carbocycles. The summed E-state index contributed by atoms with van der Waals surface area (Å²) in [6, 6.07) is 12.3. The molecular formula is C21H19F2N3O3. The number of amides is 1. The normalized spacial score (nSPS) is 10.6. The molecule has 6 nitrogen and oxygen atoms in total. The van der Waals surface area contributed by atoms with Gasteiger partial charge in [-0.2, -0.15) is 5.10 Å². The van der Waals surface area contributed by atoms with E-state index in [2.05, 4.69) is 10.4 Å². The van der Waals surface area contributed by atoms with Gasteiger partial charge in [-0.25, -0.2) is 13.6 Å². The van der Waals surface area contributed by atoms with Crippen molar-refractivity contribution in [2.75, 3.05) is 11.9 Å². The van der Waals surface area contributed by atoms with Crippen LogP contribution in [0.15, 0.2) is 48.5 Å². The van der Waals surface area contributed by atoms with E-state index in [4.69, 9.17) is 4.74 Å². The SMILES string of the molecule is Cc1nn(Cc2ccccc2)c(C)c1C(=O)OCC(=O)Nc1cc(F)ccc1F. The van der Waals surface area contributed by atoms with Crippen LogP contribution >= 0.6 is 0 Å². The number of carbonyl (C=O) groups excluding carboxylic acids is 2. The molecule has 0 saturated heterocycles. The minimum absolute atomic E-state index is 0.269. The van der Waals surface area contributed by atoms with Crippen LogP contribution in [0.25, 0.3) is 0 Å². The number of nitrogens with zero attached hydrogens (tertiary/aromatic N) is 2. The van der Waals surface area contributed by atoms with Crippen molar-refractivity contribution >= 4 is 17.6 Å². The number of carbonyl (C=O) groups is 2. The number of ether oxygens (including phenoxy) is 1. The first-order valence-electron chi connectivity index (χ1n) is 8.85. The zero-order valence-corrected chi connectivity index (χ0v) is 15.9. The smallest absolute Gasteiger partial charge is 0.342 e. The summed E-state index contributed by atoms with van der Waals surface area (Å²) in [5.41, 5.74) is 2.04. The van der Waals surface area contributed by atoms with Crippen molar-refractivity contribution in [3.05, 3.63) is 82.7 Å². The summed E-state index contributed by atoms with van der Waals surface area (Å²) in [4.78, 5) is 24.4. The first-order chi connectivity index (χ1) is 13.8. The molecule has 1 N–H and O–H groups in total. The molecule has 0 radical (unpaired) electrons. The summed E-state index contributed by atoms with van der Waals surface area (Å²) < 4.78 is 33.5. The van der Waals surface area contributed by atoms with Crippen molar-refractivity contribution in [1.29, 1.82) is 0 Å². The molecule has 8 heteroatoms. The molecule has 3 aromatic rings. The van der Waals surface area contributed by atoms with E-state index in [0.717, 1.165) is 23.8 Å². The third-order valence-electron chi connectivity index (χ3n) is 4.30. The standard InChI is InChI=1S/C21H19F2N3O3/c1-13-20(14(2)26(25-13)11-15-6-4-3-5-7-15)21(28)29-12-19(27)24-18-10-16(22)8-9-17(18)23/h3-10H,11-12H2,1-2H3,(H,24,27). The number of aromatic nitrogens is 2. The topological polar surface area (TPSA) is 73.2 Å². The highest BCUT2D eigenvalue weighted by molar-refractivity contribution is 5.96. The second kappa shape index (κ2) is 8.64. The fourth-order valence-electron chi connectivity index (χ4n) is 2.89. The second-order valence-corrected chi connectivity index (χ2v) is 6.44. The summed E-state index contributed by atoms with van der Waals surface area (Å²) >= 11 is 0. The van der Waals surface area contributed by atoms with E-state index >= 15 is 0 Å². The van der Waals surface area contributed by atoms with Crippen molar-refractivity contribution in [2.45, 2.75) is 20.4 Å². The molecule has 0 saturated carbocycles. The average Bonchev–Trinajstić information content (AvgIpc) is 2.97. The minimum atomic E-state index is -0.792. The van der Waals surface area contributed by atoms with E-state index in [0.29, 0.717) is 17.9 Å². The van der Waals surface area contributed by atoms with E-state index in [1.807, 2.05) is 30.3 Å². The fourth-order valence-corrected chi connectivity index (χ4v) is 2.89. The highest BCUT2D eigenvalue weighted by Gasteiger charge is 2.21. The van der Waals surface area contributed by atoms with Crippen LogP contribution in [-0.2, 0) is 16.1 Å². The van der Waals surface area contributed by atoms with Crippen molar-refractivity contribution in [1.82, 2.24) is 9.78 Å². The maximum absolute atomic E-state index is 13.6. The second-order valence-electron chi connectivity index (χ2n) is 6.44. The molecule has 0 fully saturated rings. The van der Waals surface area contributed by atoms with Crippen LogP contribution in [0.1, 0.15) is 27.3 Å². The molecule has 1 amide bonds. The summed E-state index contributed by atoms with van der Waals surface area (Å²) in [5, 5.41) is 6.54. The molecule has 0 unspecified atom stereocenters. The van der Waals surface area contributed by atoms with Crippen LogP contribution in [0, 0.1) is 25.5 Å². The highest BCUT2D eigenvalue weighted by Crippen LogP contribution is 2.17. The van der Waals surface area contributed by atoms with Gasteiger partial charge in [0.25, 0.3) is 5.91 Å². The van der Waals surface area contributed by atoms with Crippen LogP contribution in [0.4, 0.5) is 14.5 Å². The Morgan fingerprint density at radius 3 is 2.55 bits per heavy atom. The van der Waals surface area contributed by atoms with Gasteiger partial charge in [0.15, 0.2) is 6.61 Å². The summed E-state index contributed by atoms with van der Waals surface area (Å²) in [7, 11) is 0. The van der Waals surface area contributed by atoms with Gasteiger partial charge in [-0.3, -0.25) is 9.48 Å². The lowest BCUT2D eigenvalue weighted by Gasteiger charge is -2.08. The van der Waals surface area contributed by atoms with E-state index in [1.165, 1.54) is 0 Å². The Morgan fingerprint density at radius 1 is 1.10 bits per heavy atom. The zero-order valence-electron chi connectivity index (χ0n) is 15.9. The molecule has 29 heavy (non-hydrogen) atoms. The van der Waals surface area contributed by atoms with Gasteiger partial charge in [-0.15, -0.1) is 0 Å². The third-order valence-corrected chi connectivity index (χ3v) is 4.30. The molecule has 0 aliphatic heterocycles. The molecule has 0 aliphatic rings. The average molecular weight is 399 g/mol. The minimum Gasteiger partial charge on any atom is -0.452 e. The number of hydrogen-bond donors (Lipinski definition) is 1. The number of aryl methyl sites for hydroxylation is 1. The molecule has 1 aromatic heterocycles. The predicted molar refractivity (Wildman–Crippen MR) is 103 cm³/mol. The molecule has 2 aromatic carbocycles. The fraction of sp³-hybridized carbons (Fsp3) is 0.190. The molecule has 1 heterocycles. The van der Waals surface area contributed by atoms with Gasteiger partial charge in [-0.1, -0.05) is 30.3 Å². The lowest BCUT2D eigenvalue weighted by molar-refractivity contribution is -0.119. The maximum Gasteiger partial charge on any atom is 0.342 e. The molecular weight excluding hydrogens is 380 g/mol. The maximum atomic E-state index is 13.6. The van der Waals surface area contributed by atoms with E-state index in [1.54, 1.807) is 18.5 Å². The van der Waals surface area contributed by atoms with E-state index in [-0.39, 0.29) is 11.3 Å². The van der Waals surface area contributed by atoms with Crippen molar-refractivity contribution in [2.24, 2.45) is 0 Å². The Labute approximate surface area is 166 Å². The number of esters is 1. The molecule has 150 valence electrons. The van der Waals surface area contributed by atoms with Crippen LogP contribution in [0.2, 0.25) is 0 Å². The van der Waals surface area contributed by atoms with Gasteiger partial charge in [-0.05, 0) is 31.5 Å². The summed E-state index contributed by atoms with van der Waals surface area (Å²) in [5.74, 6) is -2.99. The number of anilines is 1. The van der Waals surface area contributed by atoms with Gasteiger partial charge in [0.05, 0.1) is 23.6 Å². The van der Waals surface area contributed by atoms with Gasteiger partial charge in [0, 0.05) is 6.07 Å². The Balaban J connectivity index is 1.65.